The van der Waals surface area contributed by atoms with Gasteiger partial charge < -0.3 is 14.6 Å². The van der Waals surface area contributed by atoms with Gasteiger partial charge in [0, 0.05) is 19.3 Å². The summed E-state index contributed by atoms with van der Waals surface area (Å²) in [5.41, 5.74) is 2.96. The molecule has 2 rings (SSSR count). The number of pyridine rings is 1. The first kappa shape index (κ1) is 14.5. The third-order valence-corrected chi connectivity index (χ3v) is 2.94. The maximum absolute atomic E-state index is 5.51. The monoisotopic (exact) mass is 274 g/mol. The van der Waals surface area contributed by atoms with Crippen LogP contribution in [-0.2, 0) is 13.1 Å². The summed E-state index contributed by atoms with van der Waals surface area (Å²) >= 11 is 0. The van der Waals surface area contributed by atoms with Gasteiger partial charge in [0.2, 0.25) is 0 Å². The normalized spacial score (nSPS) is 10.8. The molecule has 0 fully saturated rings. The molecule has 0 radical (unpaired) electrons. The van der Waals surface area contributed by atoms with E-state index in [1.807, 2.05) is 37.1 Å². The largest absolute Gasteiger partial charge is 0.432 e. The molecule has 0 unspecified atom stereocenters. The van der Waals surface area contributed by atoms with Gasteiger partial charge in [-0.05, 0) is 32.0 Å². The molecule has 0 saturated carbocycles. The number of hydrogen-bond acceptors (Lipinski definition) is 5. The lowest BCUT2D eigenvalue weighted by Gasteiger charge is -2.13. The van der Waals surface area contributed by atoms with E-state index in [9.17, 15) is 0 Å². The average Bonchev–Trinajstić information content (AvgIpc) is 2.88. The summed E-state index contributed by atoms with van der Waals surface area (Å²) in [5.74, 6) is 0. The number of aryl methyl sites for hydroxylation is 1. The zero-order valence-corrected chi connectivity index (χ0v) is 12.4. The van der Waals surface area contributed by atoms with Crippen LogP contribution in [0.4, 0.5) is 6.01 Å². The Morgan fingerprint density at radius 1 is 1.25 bits per heavy atom. The maximum atomic E-state index is 5.51. The number of hydrogen-bond donors (Lipinski definition) is 1. The summed E-state index contributed by atoms with van der Waals surface area (Å²) < 4.78 is 5.51. The van der Waals surface area contributed by atoms with Crippen molar-refractivity contribution in [1.82, 2.24) is 15.3 Å². The lowest BCUT2D eigenvalue weighted by atomic mass is 10.3. The molecule has 0 aliphatic rings. The van der Waals surface area contributed by atoms with Crippen LogP contribution < -0.4 is 10.2 Å². The SMILES string of the molecule is CCCNCc1coc(N(C)Cc2cccc(C)n2)n1. The quantitative estimate of drug-likeness (QED) is 0.786. The first-order valence-electron chi connectivity index (χ1n) is 6.98. The van der Waals surface area contributed by atoms with Crippen molar-refractivity contribution < 1.29 is 4.42 Å². The number of anilines is 1. The van der Waals surface area contributed by atoms with E-state index in [1.54, 1.807) is 6.26 Å². The highest BCUT2D eigenvalue weighted by atomic mass is 16.4. The second kappa shape index (κ2) is 7.05. The Labute approximate surface area is 120 Å². The van der Waals surface area contributed by atoms with E-state index in [0.717, 1.165) is 36.6 Å². The van der Waals surface area contributed by atoms with Crippen molar-refractivity contribution in [3.8, 4) is 0 Å². The summed E-state index contributed by atoms with van der Waals surface area (Å²) in [5, 5.41) is 3.31. The molecular weight excluding hydrogens is 252 g/mol. The van der Waals surface area contributed by atoms with Crippen molar-refractivity contribution in [2.75, 3.05) is 18.5 Å². The van der Waals surface area contributed by atoms with Gasteiger partial charge in [0.1, 0.15) is 6.26 Å². The molecule has 108 valence electrons. The minimum Gasteiger partial charge on any atom is -0.432 e. The maximum Gasteiger partial charge on any atom is 0.297 e. The molecule has 20 heavy (non-hydrogen) atoms. The molecule has 0 aromatic carbocycles. The third kappa shape index (κ3) is 4.06. The Bertz CT molecular complexity index is 538. The summed E-state index contributed by atoms with van der Waals surface area (Å²) in [6.45, 7) is 6.55. The van der Waals surface area contributed by atoms with Crippen LogP contribution in [0.1, 0.15) is 30.4 Å². The highest BCUT2D eigenvalue weighted by Gasteiger charge is 2.10. The van der Waals surface area contributed by atoms with Crippen LogP contribution in [-0.4, -0.2) is 23.6 Å². The van der Waals surface area contributed by atoms with Gasteiger partial charge in [0.25, 0.3) is 6.01 Å². The summed E-state index contributed by atoms with van der Waals surface area (Å²) in [6.07, 6.45) is 2.82. The van der Waals surface area contributed by atoms with E-state index in [4.69, 9.17) is 4.42 Å². The van der Waals surface area contributed by atoms with Gasteiger partial charge in [0.15, 0.2) is 0 Å². The lowest BCUT2D eigenvalue weighted by Crippen LogP contribution is -2.18. The zero-order chi connectivity index (χ0) is 14.4. The van der Waals surface area contributed by atoms with Gasteiger partial charge in [-0.3, -0.25) is 4.98 Å². The smallest absolute Gasteiger partial charge is 0.297 e. The van der Waals surface area contributed by atoms with Gasteiger partial charge in [-0.25, -0.2) is 0 Å². The van der Waals surface area contributed by atoms with E-state index in [0.29, 0.717) is 12.6 Å². The predicted molar refractivity (Wildman–Crippen MR) is 79.6 cm³/mol. The topological polar surface area (TPSA) is 54.2 Å². The highest BCUT2D eigenvalue weighted by Crippen LogP contribution is 2.14. The molecule has 2 aromatic heterocycles. The summed E-state index contributed by atoms with van der Waals surface area (Å²) in [7, 11) is 1.96. The Hall–Kier alpha value is -1.88. The van der Waals surface area contributed by atoms with Crippen LogP contribution in [0.2, 0.25) is 0 Å². The molecule has 0 amide bonds. The van der Waals surface area contributed by atoms with Crippen molar-refractivity contribution in [2.24, 2.45) is 0 Å². The van der Waals surface area contributed by atoms with E-state index < -0.39 is 0 Å². The molecule has 5 heteroatoms. The number of nitrogens with one attached hydrogen (secondary N) is 1. The second-order valence-electron chi connectivity index (χ2n) is 4.92. The van der Waals surface area contributed by atoms with Crippen LogP contribution >= 0.6 is 0 Å². The second-order valence-corrected chi connectivity index (χ2v) is 4.92. The molecule has 0 spiro atoms. The molecule has 0 aliphatic heterocycles. The first-order valence-corrected chi connectivity index (χ1v) is 6.98. The van der Waals surface area contributed by atoms with Gasteiger partial charge in [0.05, 0.1) is 17.9 Å². The van der Waals surface area contributed by atoms with Crippen LogP contribution in [0.15, 0.2) is 28.9 Å². The lowest BCUT2D eigenvalue weighted by molar-refractivity contribution is 0.541. The third-order valence-electron chi connectivity index (χ3n) is 2.94. The Balaban J connectivity index is 1.93. The first-order chi connectivity index (χ1) is 9.69. The standard InChI is InChI=1S/C15H22N4O/c1-4-8-16-9-14-11-20-15(18-14)19(3)10-13-7-5-6-12(2)17-13/h5-7,11,16H,4,8-10H2,1-3H3. The van der Waals surface area contributed by atoms with E-state index in [1.165, 1.54) is 0 Å². The number of oxazole rings is 1. The fraction of sp³-hybridized carbons (Fsp3) is 0.467. The Kier molecular flexibility index (Phi) is 5.12. The van der Waals surface area contributed by atoms with Crippen molar-refractivity contribution in [3.05, 3.63) is 41.5 Å². The minimum atomic E-state index is 0.626. The molecule has 2 heterocycles. The average molecular weight is 274 g/mol. The van der Waals surface area contributed by atoms with Crippen molar-refractivity contribution in [3.63, 3.8) is 0 Å². The molecule has 0 aliphatic carbocycles. The van der Waals surface area contributed by atoms with Crippen LogP contribution in [0, 0.1) is 6.92 Å². The van der Waals surface area contributed by atoms with Gasteiger partial charge in [-0.2, -0.15) is 4.98 Å². The molecule has 0 bridgehead atoms. The fourth-order valence-corrected chi connectivity index (χ4v) is 1.94. The Morgan fingerprint density at radius 2 is 2.10 bits per heavy atom. The van der Waals surface area contributed by atoms with Crippen LogP contribution in [0.3, 0.4) is 0 Å². The predicted octanol–water partition coefficient (Wildman–Crippen LogP) is 2.51. The van der Waals surface area contributed by atoms with E-state index in [2.05, 4.69) is 22.2 Å². The van der Waals surface area contributed by atoms with E-state index >= 15 is 0 Å². The van der Waals surface area contributed by atoms with Crippen LogP contribution in [0.25, 0.3) is 0 Å². The Morgan fingerprint density at radius 3 is 2.85 bits per heavy atom. The van der Waals surface area contributed by atoms with Gasteiger partial charge in [-0.1, -0.05) is 13.0 Å². The van der Waals surface area contributed by atoms with Crippen LogP contribution in [0.5, 0.6) is 0 Å². The molecule has 2 aromatic rings. The number of rotatable bonds is 7. The minimum absolute atomic E-state index is 0.626. The number of nitrogens with zero attached hydrogens (tertiary/aromatic N) is 3. The van der Waals surface area contributed by atoms with Crippen molar-refractivity contribution >= 4 is 6.01 Å². The molecule has 1 N–H and O–H groups in total. The van der Waals surface area contributed by atoms with E-state index in [-0.39, 0.29) is 0 Å². The number of aromatic nitrogens is 2. The molecular formula is C15H22N4O. The molecule has 0 saturated heterocycles. The molecule has 0 atom stereocenters. The summed E-state index contributed by atoms with van der Waals surface area (Å²) in [6, 6.07) is 6.64. The fourth-order valence-electron chi connectivity index (χ4n) is 1.94. The summed E-state index contributed by atoms with van der Waals surface area (Å²) in [4.78, 5) is 10.9. The molecule has 5 nitrogen and oxygen atoms in total. The van der Waals surface area contributed by atoms with Gasteiger partial charge >= 0.3 is 0 Å². The highest BCUT2D eigenvalue weighted by molar-refractivity contribution is 5.27. The van der Waals surface area contributed by atoms with Crippen molar-refractivity contribution in [1.29, 1.82) is 0 Å². The zero-order valence-electron chi connectivity index (χ0n) is 12.4. The van der Waals surface area contributed by atoms with Gasteiger partial charge in [-0.15, -0.1) is 0 Å². The van der Waals surface area contributed by atoms with Crippen molar-refractivity contribution in [2.45, 2.75) is 33.4 Å².